The second-order valence-electron chi connectivity index (χ2n) is 9.09. The molecule has 0 bridgehead atoms. The number of hydrogen-bond acceptors (Lipinski definition) is 0. The van der Waals surface area contributed by atoms with Crippen molar-refractivity contribution in [2.45, 2.75) is 53.4 Å². The topological polar surface area (TPSA) is 0 Å². The molecule has 2 aliphatic carbocycles. The minimum absolute atomic E-state index is 0.444. The highest BCUT2D eigenvalue weighted by Crippen LogP contribution is 2.52. The van der Waals surface area contributed by atoms with E-state index in [0.29, 0.717) is 17.8 Å². The Labute approximate surface area is 165 Å². The highest BCUT2D eigenvalue weighted by atomic mass is 14.5. The molecule has 0 aliphatic heterocycles. The van der Waals surface area contributed by atoms with Crippen molar-refractivity contribution >= 4 is 0 Å². The van der Waals surface area contributed by atoms with Crippen LogP contribution in [-0.4, -0.2) is 0 Å². The van der Waals surface area contributed by atoms with Crippen LogP contribution in [-0.2, 0) is 0 Å². The zero-order valence-electron chi connectivity index (χ0n) is 17.4. The smallest absolute Gasteiger partial charge is 0.0158 e. The predicted molar refractivity (Wildman–Crippen MR) is 116 cm³/mol. The van der Waals surface area contributed by atoms with Gasteiger partial charge in [0.2, 0.25) is 0 Å². The van der Waals surface area contributed by atoms with Gasteiger partial charge in [0.1, 0.15) is 0 Å². The van der Waals surface area contributed by atoms with Crippen LogP contribution in [0.3, 0.4) is 0 Å². The van der Waals surface area contributed by atoms with Gasteiger partial charge in [-0.15, -0.1) is 0 Å². The van der Waals surface area contributed by atoms with Gasteiger partial charge in [0.15, 0.2) is 0 Å². The molecule has 2 aliphatic rings. The summed E-state index contributed by atoms with van der Waals surface area (Å²) in [7, 11) is 0. The van der Waals surface area contributed by atoms with Gasteiger partial charge in [-0.25, -0.2) is 0 Å². The zero-order valence-corrected chi connectivity index (χ0v) is 17.4. The lowest BCUT2D eigenvalue weighted by Crippen LogP contribution is -2.20. The molecular formula is C27H32. The summed E-state index contributed by atoms with van der Waals surface area (Å²) >= 11 is 0. The van der Waals surface area contributed by atoms with Crippen LogP contribution in [0.5, 0.6) is 0 Å². The summed E-state index contributed by atoms with van der Waals surface area (Å²) in [5.74, 6) is 2.50. The first-order valence-corrected chi connectivity index (χ1v) is 10.5. The maximum absolute atomic E-state index is 2.47. The van der Waals surface area contributed by atoms with E-state index in [-0.39, 0.29) is 0 Å². The summed E-state index contributed by atoms with van der Waals surface area (Å²) in [4.78, 5) is 0. The Morgan fingerprint density at radius 3 is 1.81 bits per heavy atom. The molecule has 27 heavy (non-hydrogen) atoms. The van der Waals surface area contributed by atoms with E-state index in [1.807, 2.05) is 0 Å². The molecule has 0 nitrogen and oxygen atoms in total. The molecular weight excluding hydrogens is 324 g/mol. The molecule has 0 saturated heterocycles. The number of hydrogen-bond donors (Lipinski definition) is 0. The van der Waals surface area contributed by atoms with Crippen molar-refractivity contribution < 1.29 is 0 Å². The molecule has 0 amide bonds. The second-order valence-corrected chi connectivity index (χ2v) is 9.09. The van der Waals surface area contributed by atoms with Crippen molar-refractivity contribution in [1.82, 2.24) is 0 Å². The monoisotopic (exact) mass is 356 g/mol. The van der Waals surface area contributed by atoms with Crippen LogP contribution in [0.25, 0.3) is 0 Å². The number of allylic oxidation sites excluding steroid dienone is 4. The molecule has 3 unspecified atom stereocenters. The lowest BCUT2D eigenvalue weighted by atomic mass is 9.72. The highest BCUT2D eigenvalue weighted by molar-refractivity contribution is 5.44. The molecule has 0 aromatic heterocycles. The quantitative estimate of drug-likeness (QED) is 0.545. The van der Waals surface area contributed by atoms with Gasteiger partial charge in [0, 0.05) is 5.92 Å². The van der Waals surface area contributed by atoms with Crippen LogP contribution in [0.15, 0.2) is 60.2 Å². The van der Waals surface area contributed by atoms with Crippen molar-refractivity contribution in [2.75, 3.05) is 0 Å². The van der Waals surface area contributed by atoms with E-state index < -0.39 is 0 Å². The van der Waals surface area contributed by atoms with Gasteiger partial charge in [-0.05, 0) is 69.4 Å². The maximum Gasteiger partial charge on any atom is 0.0158 e. The summed E-state index contributed by atoms with van der Waals surface area (Å²) in [6, 6.07) is 14.3. The van der Waals surface area contributed by atoms with Gasteiger partial charge >= 0.3 is 0 Å². The number of benzene rings is 2. The minimum Gasteiger partial charge on any atom is -0.0839 e. The van der Waals surface area contributed by atoms with Crippen molar-refractivity contribution in [3.05, 3.63) is 93.6 Å². The Kier molecular flexibility index (Phi) is 4.84. The fourth-order valence-electron chi connectivity index (χ4n) is 5.74. The summed E-state index contributed by atoms with van der Waals surface area (Å²) in [5.41, 5.74) is 10.2. The lowest BCUT2D eigenvalue weighted by molar-refractivity contribution is 0.412. The normalized spacial score (nSPS) is 24.2. The van der Waals surface area contributed by atoms with Gasteiger partial charge in [-0.1, -0.05) is 89.4 Å². The Balaban J connectivity index is 1.90. The molecule has 0 heteroatoms. The highest BCUT2D eigenvalue weighted by Gasteiger charge is 2.41. The molecule has 0 radical (unpaired) electrons. The summed E-state index contributed by atoms with van der Waals surface area (Å²) in [5, 5.41) is 0. The van der Waals surface area contributed by atoms with Gasteiger partial charge in [0.05, 0.1) is 0 Å². The van der Waals surface area contributed by atoms with Gasteiger partial charge < -0.3 is 0 Å². The van der Waals surface area contributed by atoms with Crippen molar-refractivity contribution in [1.29, 1.82) is 0 Å². The first-order chi connectivity index (χ1) is 12.9. The summed E-state index contributed by atoms with van der Waals surface area (Å²) < 4.78 is 0. The molecule has 0 heterocycles. The molecule has 140 valence electrons. The minimum atomic E-state index is 0.444. The second kappa shape index (κ2) is 7.15. The van der Waals surface area contributed by atoms with Gasteiger partial charge in [-0.3, -0.25) is 0 Å². The van der Waals surface area contributed by atoms with Gasteiger partial charge in [-0.2, -0.15) is 0 Å². The molecule has 2 aromatic rings. The Hall–Kier alpha value is -2.08. The molecule has 0 spiro atoms. The van der Waals surface area contributed by atoms with E-state index in [1.54, 1.807) is 5.57 Å². The van der Waals surface area contributed by atoms with Gasteiger partial charge in [0.25, 0.3) is 0 Å². The fourth-order valence-corrected chi connectivity index (χ4v) is 5.74. The van der Waals surface area contributed by atoms with E-state index in [4.69, 9.17) is 0 Å². The number of fused-ring (bicyclic) bond motifs is 1. The lowest BCUT2D eigenvalue weighted by Gasteiger charge is -2.31. The Bertz CT molecular complexity index is 820. The average molecular weight is 357 g/mol. The molecule has 1 saturated carbocycles. The Morgan fingerprint density at radius 2 is 1.30 bits per heavy atom. The van der Waals surface area contributed by atoms with Crippen LogP contribution >= 0.6 is 0 Å². The third kappa shape index (κ3) is 3.55. The molecule has 0 N–H and O–H groups in total. The van der Waals surface area contributed by atoms with E-state index in [2.05, 4.69) is 89.2 Å². The van der Waals surface area contributed by atoms with Crippen molar-refractivity contribution in [3.8, 4) is 0 Å². The van der Waals surface area contributed by atoms with E-state index in [1.165, 1.54) is 46.2 Å². The number of rotatable bonds is 3. The first-order valence-electron chi connectivity index (χ1n) is 10.5. The standard InChI is InChI=1S/C27H32/c1-17-10-18(2)13-23(12-17)27(24-14-19(3)11-20(4)15-24)26-21(5)16-22-8-6-7-9-25(22)26/h6-7,9-15,21-22,26-27H,8,16H2,1-5H3. The summed E-state index contributed by atoms with van der Waals surface area (Å²) in [6.07, 6.45) is 9.62. The van der Waals surface area contributed by atoms with Crippen LogP contribution in [0, 0.1) is 45.4 Å². The van der Waals surface area contributed by atoms with E-state index in [9.17, 15) is 0 Å². The third-order valence-electron chi connectivity index (χ3n) is 6.54. The SMILES string of the molecule is Cc1cc(C)cc(C(c2cc(C)cc(C)c2)C2C3=CC=CCC3CC2C)c1. The van der Waals surface area contributed by atoms with Crippen molar-refractivity contribution in [3.63, 3.8) is 0 Å². The third-order valence-corrected chi connectivity index (χ3v) is 6.54. The van der Waals surface area contributed by atoms with Crippen LogP contribution in [0.1, 0.15) is 59.1 Å². The largest absolute Gasteiger partial charge is 0.0839 e. The molecule has 3 atom stereocenters. The van der Waals surface area contributed by atoms with Crippen LogP contribution in [0.4, 0.5) is 0 Å². The molecule has 2 aromatic carbocycles. The Morgan fingerprint density at radius 1 is 0.778 bits per heavy atom. The van der Waals surface area contributed by atoms with Crippen LogP contribution in [0.2, 0.25) is 0 Å². The first kappa shape index (κ1) is 18.3. The molecule has 4 rings (SSSR count). The average Bonchev–Trinajstić information content (AvgIpc) is 2.90. The van der Waals surface area contributed by atoms with E-state index >= 15 is 0 Å². The zero-order chi connectivity index (χ0) is 19.1. The summed E-state index contributed by atoms with van der Waals surface area (Å²) in [6.45, 7) is 11.4. The number of aryl methyl sites for hydroxylation is 4. The molecule has 1 fully saturated rings. The van der Waals surface area contributed by atoms with Crippen molar-refractivity contribution in [2.24, 2.45) is 17.8 Å². The fraction of sp³-hybridized carbons (Fsp3) is 0.407. The maximum atomic E-state index is 2.47. The van der Waals surface area contributed by atoms with E-state index in [0.717, 1.165) is 5.92 Å². The predicted octanol–water partition coefficient (Wildman–Crippen LogP) is 7.21. The van der Waals surface area contributed by atoms with Crippen LogP contribution < -0.4 is 0 Å².